The van der Waals surface area contributed by atoms with Crippen LogP contribution in [0.15, 0.2) is 35.7 Å². The average Bonchev–Trinajstić information content (AvgIpc) is 3.15. The maximum atomic E-state index is 11.9. The summed E-state index contributed by atoms with van der Waals surface area (Å²) in [7, 11) is 0. The Balaban J connectivity index is 1.58. The van der Waals surface area contributed by atoms with Crippen molar-refractivity contribution in [3.8, 4) is 11.3 Å². The lowest BCUT2D eigenvalue weighted by Gasteiger charge is -2.21. The Morgan fingerprint density at radius 3 is 2.71 bits per heavy atom. The summed E-state index contributed by atoms with van der Waals surface area (Å²) in [5, 5.41) is 6.28. The number of hydrogen-bond donors (Lipinski definition) is 1. The summed E-state index contributed by atoms with van der Waals surface area (Å²) < 4.78 is 5.34. The van der Waals surface area contributed by atoms with Crippen LogP contribution in [0.3, 0.4) is 0 Å². The van der Waals surface area contributed by atoms with Crippen LogP contribution in [0, 0.1) is 0 Å². The zero-order valence-corrected chi connectivity index (χ0v) is 15.2. The van der Waals surface area contributed by atoms with E-state index in [9.17, 15) is 4.79 Å². The standard InChI is InChI=1S/C19H24N2O2S/c1-19(2,3)23-18(22)20-15-10-9-14(11-15)17-21-16(12-24-17)13-7-5-4-6-8-13/h4-8,12,14-15H,9-11H2,1-3H3,(H,20,22). The third-order valence-electron chi connectivity index (χ3n) is 4.09. The van der Waals surface area contributed by atoms with Crippen LogP contribution in [0.4, 0.5) is 4.79 Å². The molecule has 5 heteroatoms. The number of nitrogens with zero attached hydrogens (tertiary/aromatic N) is 1. The molecular formula is C19H24N2O2S. The molecule has 3 rings (SSSR count). The molecule has 24 heavy (non-hydrogen) atoms. The molecule has 1 saturated carbocycles. The molecule has 2 aromatic rings. The van der Waals surface area contributed by atoms with Gasteiger partial charge in [0.1, 0.15) is 5.60 Å². The molecule has 1 aromatic carbocycles. The highest BCUT2D eigenvalue weighted by atomic mass is 32.1. The van der Waals surface area contributed by atoms with E-state index >= 15 is 0 Å². The van der Waals surface area contributed by atoms with Crippen molar-refractivity contribution in [2.24, 2.45) is 0 Å². The van der Waals surface area contributed by atoms with E-state index in [0.717, 1.165) is 30.5 Å². The number of thiazole rings is 1. The number of hydrogen-bond acceptors (Lipinski definition) is 4. The van der Waals surface area contributed by atoms with Gasteiger partial charge in [0.2, 0.25) is 0 Å². The van der Waals surface area contributed by atoms with Gasteiger partial charge in [-0.25, -0.2) is 9.78 Å². The minimum atomic E-state index is -0.456. The van der Waals surface area contributed by atoms with Gasteiger partial charge in [0.25, 0.3) is 0 Å². The Bertz CT molecular complexity index is 691. The molecule has 0 aliphatic heterocycles. The first kappa shape index (κ1) is 17.0. The van der Waals surface area contributed by atoms with E-state index in [1.165, 1.54) is 5.01 Å². The van der Waals surface area contributed by atoms with Crippen LogP contribution in [-0.2, 0) is 4.74 Å². The normalized spacial score (nSPS) is 20.8. The number of ether oxygens (including phenoxy) is 1. The van der Waals surface area contributed by atoms with Crippen molar-refractivity contribution in [3.63, 3.8) is 0 Å². The van der Waals surface area contributed by atoms with Crippen LogP contribution in [0.2, 0.25) is 0 Å². The molecule has 0 saturated heterocycles. The number of rotatable bonds is 3. The van der Waals surface area contributed by atoms with Gasteiger partial charge in [-0.05, 0) is 40.0 Å². The summed E-state index contributed by atoms with van der Waals surface area (Å²) in [5.74, 6) is 0.424. The zero-order chi connectivity index (χ0) is 17.2. The summed E-state index contributed by atoms with van der Waals surface area (Å²) in [6.45, 7) is 5.64. The summed E-state index contributed by atoms with van der Waals surface area (Å²) in [5.41, 5.74) is 1.74. The van der Waals surface area contributed by atoms with Crippen molar-refractivity contribution in [1.29, 1.82) is 0 Å². The Labute approximate surface area is 147 Å². The van der Waals surface area contributed by atoms with Gasteiger partial charge in [0, 0.05) is 22.9 Å². The molecule has 1 N–H and O–H groups in total. The lowest BCUT2D eigenvalue weighted by Crippen LogP contribution is -2.37. The molecule has 1 aliphatic carbocycles. The number of carbonyl (C=O) groups is 1. The van der Waals surface area contributed by atoms with Crippen LogP contribution in [0.5, 0.6) is 0 Å². The Morgan fingerprint density at radius 2 is 2.00 bits per heavy atom. The van der Waals surface area contributed by atoms with Gasteiger partial charge < -0.3 is 10.1 Å². The van der Waals surface area contributed by atoms with Gasteiger partial charge in [-0.1, -0.05) is 30.3 Å². The topological polar surface area (TPSA) is 51.2 Å². The molecule has 1 amide bonds. The van der Waals surface area contributed by atoms with Crippen molar-refractivity contribution in [2.75, 3.05) is 0 Å². The number of alkyl carbamates (subject to hydrolysis) is 1. The van der Waals surface area contributed by atoms with Crippen molar-refractivity contribution < 1.29 is 9.53 Å². The fourth-order valence-electron chi connectivity index (χ4n) is 3.03. The smallest absolute Gasteiger partial charge is 0.407 e. The second-order valence-electron chi connectivity index (χ2n) is 7.29. The molecule has 1 fully saturated rings. The molecule has 1 heterocycles. The van der Waals surface area contributed by atoms with Crippen LogP contribution in [0.1, 0.15) is 51.0 Å². The quantitative estimate of drug-likeness (QED) is 0.855. The maximum absolute atomic E-state index is 11.9. The Morgan fingerprint density at radius 1 is 1.25 bits per heavy atom. The van der Waals surface area contributed by atoms with Gasteiger partial charge in [-0.15, -0.1) is 11.3 Å². The monoisotopic (exact) mass is 344 g/mol. The van der Waals surface area contributed by atoms with Crippen molar-refractivity contribution in [3.05, 3.63) is 40.7 Å². The van der Waals surface area contributed by atoms with Gasteiger partial charge in [-0.3, -0.25) is 0 Å². The summed E-state index contributed by atoms with van der Waals surface area (Å²) >= 11 is 1.72. The summed E-state index contributed by atoms with van der Waals surface area (Å²) in [6.07, 6.45) is 2.64. The highest BCUT2D eigenvalue weighted by Crippen LogP contribution is 2.37. The lowest BCUT2D eigenvalue weighted by molar-refractivity contribution is 0.0505. The number of amides is 1. The van der Waals surface area contributed by atoms with E-state index in [-0.39, 0.29) is 12.1 Å². The molecule has 1 aromatic heterocycles. The summed E-state index contributed by atoms with van der Waals surface area (Å²) in [6, 6.07) is 10.4. The first-order chi connectivity index (χ1) is 11.4. The molecule has 4 nitrogen and oxygen atoms in total. The second kappa shape index (κ2) is 6.93. The zero-order valence-electron chi connectivity index (χ0n) is 14.4. The molecule has 128 valence electrons. The van der Waals surface area contributed by atoms with E-state index in [4.69, 9.17) is 9.72 Å². The number of nitrogens with one attached hydrogen (secondary N) is 1. The van der Waals surface area contributed by atoms with Crippen LogP contribution in [0.25, 0.3) is 11.3 Å². The maximum Gasteiger partial charge on any atom is 0.407 e. The number of aromatic nitrogens is 1. The van der Waals surface area contributed by atoms with Gasteiger partial charge in [-0.2, -0.15) is 0 Å². The lowest BCUT2D eigenvalue weighted by atomic mass is 10.1. The second-order valence-corrected chi connectivity index (χ2v) is 8.18. The summed E-state index contributed by atoms with van der Waals surface area (Å²) in [4.78, 5) is 16.7. The van der Waals surface area contributed by atoms with Crippen LogP contribution in [-0.4, -0.2) is 22.7 Å². The predicted octanol–water partition coefficient (Wildman–Crippen LogP) is 4.97. The molecule has 0 bridgehead atoms. The fourth-order valence-corrected chi connectivity index (χ4v) is 4.01. The van der Waals surface area contributed by atoms with Gasteiger partial charge in [0.05, 0.1) is 10.7 Å². The van der Waals surface area contributed by atoms with E-state index in [1.54, 1.807) is 11.3 Å². The van der Waals surface area contributed by atoms with Crippen molar-refractivity contribution in [2.45, 2.75) is 57.6 Å². The fraction of sp³-hybridized carbons (Fsp3) is 0.474. The minimum absolute atomic E-state index is 0.175. The molecule has 2 unspecified atom stereocenters. The van der Waals surface area contributed by atoms with Gasteiger partial charge >= 0.3 is 6.09 Å². The molecular weight excluding hydrogens is 320 g/mol. The third-order valence-corrected chi connectivity index (χ3v) is 5.10. The number of benzene rings is 1. The van der Waals surface area contributed by atoms with Crippen LogP contribution < -0.4 is 5.32 Å². The first-order valence-electron chi connectivity index (χ1n) is 8.41. The van der Waals surface area contributed by atoms with E-state index in [1.807, 2.05) is 39.0 Å². The highest BCUT2D eigenvalue weighted by Gasteiger charge is 2.30. The minimum Gasteiger partial charge on any atom is -0.444 e. The predicted molar refractivity (Wildman–Crippen MR) is 97.3 cm³/mol. The van der Waals surface area contributed by atoms with Crippen LogP contribution >= 0.6 is 11.3 Å². The molecule has 1 aliphatic rings. The van der Waals surface area contributed by atoms with Gasteiger partial charge in [0.15, 0.2) is 0 Å². The van der Waals surface area contributed by atoms with Crippen molar-refractivity contribution in [1.82, 2.24) is 10.3 Å². The molecule has 2 atom stereocenters. The van der Waals surface area contributed by atoms with E-state index in [2.05, 4.69) is 22.8 Å². The van der Waals surface area contributed by atoms with Crippen molar-refractivity contribution >= 4 is 17.4 Å². The molecule has 0 radical (unpaired) electrons. The molecule has 0 spiro atoms. The SMILES string of the molecule is CC(C)(C)OC(=O)NC1CCC(c2nc(-c3ccccc3)cs2)C1. The largest absolute Gasteiger partial charge is 0.444 e. The van der Waals surface area contributed by atoms with E-state index < -0.39 is 5.60 Å². The first-order valence-corrected chi connectivity index (χ1v) is 9.29. The third kappa shape index (κ3) is 4.35. The average molecular weight is 344 g/mol. The highest BCUT2D eigenvalue weighted by molar-refractivity contribution is 7.10. The van der Waals surface area contributed by atoms with E-state index in [0.29, 0.717) is 5.92 Å². The Hall–Kier alpha value is -1.88. The number of carbonyl (C=O) groups excluding carboxylic acids is 1. The Kier molecular flexibility index (Phi) is 4.90.